The van der Waals surface area contributed by atoms with Gasteiger partial charge in [0.1, 0.15) is 17.1 Å². The minimum atomic E-state index is -0.524. The number of aromatic nitrogens is 3. The SMILES string of the molecule is Cc1cccc(C)c1Oc1cn(C)c(=O)cc1-c1cn(C)c(=O)c2[nH]c(-c3ccc(CO)cc3F)cc12. The van der Waals surface area contributed by atoms with Gasteiger partial charge >= 0.3 is 0 Å². The predicted octanol–water partition coefficient (Wildman–Crippen LogP) is 4.94. The molecule has 0 radical (unpaired) electrons. The average Bonchev–Trinajstić information content (AvgIpc) is 3.31. The number of ether oxygens (including phenoxy) is 1. The van der Waals surface area contributed by atoms with Crippen LogP contribution in [0.1, 0.15) is 16.7 Å². The first-order valence-electron chi connectivity index (χ1n) is 11.7. The second-order valence-corrected chi connectivity index (χ2v) is 9.23. The molecule has 2 aromatic carbocycles. The molecule has 3 heterocycles. The topological polar surface area (TPSA) is 89.2 Å². The van der Waals surface area contributed by atoms with Crippen molar-refractivity contribution in [3.05, 3.63) is 104 Å². The third-order valence-corrected chi connectivity index (χ3v) is 6.57. The summed E-state index contributed by atoms with van der Waals surface area (Å²) >= 11 is 0. The minimum Gasteiger partial charge on any atom is -0.455 e. The van der Waals surface area contributed by atoms with Crippen LogP contribution in [-0.2, 0) is 20.7 Å². The molecule has 188 valence electrons. The number of pyridine rings is 2. The Hall–Kier alpha value is -4.43. The van der Waals surface area contributed by atoms with Gasteiger partial charge in [-0.2, -0.15) is 0 Å². The number of hydrogen-bond acceptors (Lipinski definition) is 4. The molecule has 0 unspecified atom stereocenters. The lowest BCUT2D eigenvalue weighted by Crippen LogP contribution is -2.18. The molecule has 3 aromatic heterocycles. The number of hydrogen-bond donors (Lipinski definition) is 2. The maximum absolute atomic E-state index is 14.9. The van der Waals surface area contributed by atoms with Crippen LogP contribution < -0.4 is 15.9 Å². The maximum atomic E-state index is 14.9. The number of aryl methyl sites for hydroxylation is 4. The van der Waals surface area contributed by atoms with Crippen molar-refractivity contribution in [3.8, 4) is 33.9 Å². The van der Waals surface area contributed by atoms with Gasteiger partial charge in [0.2, 0.25) is 0 Å². The van der Waals surface area contributed by atoms with E-state index in [0.29, 0.717) is 39.3 Å². The van der Waals surface area contributed by atoms with E-state index in [1.165, 1.54) is 21.3 Å². The summed E-state index contributed by atoms with van der Waals surface area (Å²) in [5, 5.41) is 9.85. The largest absolute Gasteiger partial charge is 0.455 e. The quantitative estimate of drug-likeness (QED) is 0.359. The molecule has 0 bridgehead atoms. The van der Waals surface area contributed by atoms with Crippen LogP contribution in [0.4, 0.5) is 4.39 Å². The second-order valence-electron chi connectivity index (χ2n) is 9.23. The van der Waals surface area contributed by atoms with Crippen molar-refractivity contribution in [2.24, 2.45) is 14.1 Å². The Morgan fingerprint density at radius 3 is 2.32 bits per heavy atom. The van der Waals surface area contributed by atoms with Gasteiger partial charge in [0.05, 0.1) is 12.8 Å². The molecule has 0 saturated heterocycles. The van der Waals surface area contributed by atoms with Gasteiger partial charge in [-0.15, -0.1) is 0 Å². The Bertz CT molecular complexity index is 1780. The molecular formula is C29H26FN3O4. The molecule has 0 saturated carbocycles. The number of aromatic amines is 1. The molecule has 0 spiro atoms. The molecule has 8 heteroatoms. The van der Waals surface area contributed by atoms with Crippen LogP contribution in [-0.4, -0.2) is 19.2 Å². The lowest BCUT2D eigenvalue weighted by molar-refractivity contribution is 0.281. The Balaban J connectivity index is 1.76. The van der Waals surface area contributed by atoms with E-state index in [-0.39, 0.29) is 28.8 Å². The van der Waals surface area contributed by atoms with Crippen LogP contribution in [0.15, 0.2) is 70.5 Å². The van der Waals surface area contributed by atoms with Crippen LogP contribution in [0.5, 0.6) is 11.5 Å². The molecular weight excluding hydrogens is 473 g/mol. The fraction of sp³-hybridized carbons (Fsp3) is 0.172. The van der Waals surface area contributed by atoms with Crippen molar-refractivity contribution in [3.63, 3.8) is 0 Å². The first kappa shape index (κ1) is 24.3. The van der Waals surface area contributed by atoms with Crippen molar-refractivity contribution < 1.29 is 14.2 Å². The number of nitrogens with zero attached hydrogens (tertiary/aromatic N) is 2. The number of aliphatic hydroxyl groups excluding tert-OH is 1. The minimum absolute atomic E-state index is 0.243. The molecule has 0 atom stereocenters. The van der Waals surface area contributed by atoms with Crippen LogP contribution in [0.25, 0.3) is 33.3 Å². The van der Waals surface area contributed by atoms with Gasteiger partial charge in [0, 0.05) is 54.1 Å². The number of aliphatic hydroxyl groups is 1. The number of rotatable bonds is 5. The van der Waals surface area contributed by atoms with E-state index in [0.717, 1.165) is 11.1 Å². The molecule has 0 aliphatic carbocycles. The number of fused-ring (bicyclic) bond motifs is 1. The summed E-state index contributed by atoms with van der Waals surface area (Å²) in [6.45, 7) is 3.62. The zero-order valence-corrected chi connectivity index (χ0v) is 20.9. The standard InChI is InChI=1S/C29H26FN3O4/c1-16-6-5-7-17(2)28(16)37-25-14-32(3)26(35)12-20(25)22-13-33(4)29(36)27-21(22)11-24(31-27)19-9-8-18(15-34)10-23(19)30/h5-14,31,34H,15H2,1-4H3. The zero-order valence-electron chi connectivity index (χ0n) is 20.9. The van der Waals surface area contributed by atoms with Gasteiger partial charge in [-0.05, 0) is 48.7 Å². The highest BCUT2D eigenvalue weighted by atomic mass is 19.1. The molecule has 5 rings (SSSR count). The normalized spacial score (nSPS) is 11.3. The first-order valence-corrected chi connectivity index (χ1v) is 11.7. The van der Waals surface area contributed by atoms with Crippen molar-refractivity contribution in [1.29, 1.82) is 0 Å². The zero-order chi connectivity index (χ0) is 26.4. The Kier molecular flexibility index (Phi) is 6.05. The van der Waals surface area contributed by atoms with Gasteiger partial charge in [-0.25, -0.2) is 4.39 Å². The van der Waals surface area contributed by atoms with Gasteiger partial charge < -0.3 is 24.0 Å². The van der Waals surface area contributed by atoms with Crippen LogP contribution in [0, 0.1) is 19.7 Å². The highest BCUT2D eigenvalue weighted by Crippen LogP contribution is 2.38. The van der Waals surface area contributed by atoms with Crippen molar-refractivity contribution in [2.45, 2.75) is 20.5 Å². The van der Waals surface area contributed by atoms with E-state index in [9.17, 15) is 19.1 Å². The summed E-state index contributed by atoms with van der Waals surface area (Å²) in [5.74, 6) is 0.606. The fourth-order valence-corrected chi connectivity index (χ4v) is 4.54. The molecule has 0 aliphatic rings. The second kappa shape index (κ2) is 9.22. The molecule has 0 aliphatic heterocycles. The van der Waals surface area contributed by atoms with Crippen molar-refractivity contribution >= 4 is 10.9 Å². The number of halogens is 1. The van der Waals surface area contributed by atoms with Crippen LogP contribution >= 0.6 is 0 Å². The number of nitrogens with one attached hydrogen (secondary N) is 1. The molecule has 5 aromatic rings. The van der Waals surface area contributed by atoms with Crippen molar-refractivity contribution in [2.75, 3.05) is 0 Å². The monoisotopic (exact) mass is 499 g/mol. The number of H-pyrrole nitrogens is 1. The smallest absolute Gasteiger partial charge is 0.274 e. The Morgan fingerprint density at radius 2 is 1.65 bits per heavy atom. The van der Waals surface area contributed by atoms with Gasteiger partial charge in [0.15, 0.2) is 5.75 Å². The summed E-state index contributed by atoms with van der Waals surface area (Å²) in [7, 11) is 3.27. The van der Waals surface area contributed by atoms with Gasteiger partial charge in [-0.1, -0.05) is 24.3 Å². The van der Waals surface area contributed by atoms with Crippen molar-refractivity contribution in [1.82, 2.24) is 14.1 Å². The summed E-state index contributed by atoms with van der Waals surface area (Å²) < 4.78 is 24.1. The van der Waals surface area contributed by atoms with E-state index < -0.39 is 5.82 Å². The van der Waals surface area contributed by atoms with Gasteiger partial charge in [0.25, 0.3) is 11.1 Å². The van der Waals surface area contributed by atoms with E-state index in [1.54, 1.807) is 44.7 Å². The predicted molar refractivity (Wildman–Crippen MR) is 142 cm³/mol. The lowest BCUT2D eigenvalue weighted by atomic mass is 10.0. The summed E-state index contributed by atoms with van der Waals surface area (Å²) in [6.07, 6.45) is 3.28. The highest BCUT2D eigenvalue weighted by molar-refractivity contribution is 5.98. The maximum Gasteiger partial charge on any atom is 0.274 e. The molecule has 7 nitrogen and oxygen atoms in total. The molecule has 37 heavy (non-hydrogen) atoms. The molecule has 0 amide bonds. The third-order valence-electron chi connectivity index (χ3n) is 6.57. The summed E-state index contributed by atoms with van der Waals surface area (Å²) in [6, 6.07) is 13.5. The lowest BCUT2D eigenvalue weighted by Gasteiger charge is -2.17. The molecule has 0 fully saturated rings. The van der Waals surface area contributed by atoms with E-state index in [2.05, 4.69) is 4.98 Å². The highest BCUT2D eigenvalue weighted by Gasteiger charge is 2.20. The van der Waals surface area contributed by atoms with Crippen LogP contribution in [0.3, 0.4) is 0 Å². The number of para-hydroxylation sites is 1. The number of benzene rings is 2. The Labute approximate surface area is 212 Å². The Morgan fingerprint density at radius 1 is 0.919 bits per heavy atom. The van der Waals surface area contributed by atoms with E-state index in [4.69, 9.17) is 4.74 Å². The first-order chi connectivity index (χ1) is 17.7. The van der Waals surface area contributed by atoms with E-state index in [1.807, 2.05) is 32.0 Å². The summed E-state index contributed by atoms with van der Waals surface area (Å²) in [4.78, 5) is 28.8. The van der Waals surface area contributed by atoms with Gasteiger partial charge in [-0.3, -0.25) is 9.59 Å². The average molecular weight is 500 g/mol. The van der Waals surface area contributed by atoms with E-state index >= 15 is 0 Å². The van der Waals surface area contributed by atoms with Crippen LogP contribution in [0.2, 0.25) is 0 Å². The fourth-order valence-electron chi connectivity index (χ4n) is 4.54. The summed E-state index contributed by atoms with van der Waals surface area (Å²) in [5.41, 5.74) is 3.83. The molecule has 2 N–H and O–H groups in total. The third kappa shape index (κ3) is 4.25.